The van der Waals surface area contributed by atoms with Gasteiger partial charge in [0, 0.05) is 60.3 Å². The number of aromatic nitrogens is 2. The number of pyridine rings is 2. The van der Waals surface area contributed by atoms with Gasteiger partial charge >= 0.3 is 5.97 Å². The van der Waals surface area contributed by atoms with Crippen LogP contribution in [0.25, 0.3) is 22.5 Å². The van der Waals surface area contributed by atoms with Crippen molar-refractivity contribution in [2.24, 2.45) is 17.6 Å². The van der Waals surface area contributed by atoms with Crippen molar-refractivity contribution < 1.29 is 34.1 Å². The van der Waals surface area contributed by atoms with Crippen LogP contribution in [0.5, 0.6) is 0 Å². The van der Waals surface area contributed by atoms with Crippen LogP contribution in [-0.2, 0) is 14.3 Å². The number of hydrogen-bond acceptors (Lipinski definition) is 10. The Bertz CT molecular complexity index is 2330. The number of hydrogen-bond donors (Lipinski definition) is 4. The molecule has 2 aliphatic heterocycles. The van der Waals surface area contributed by atoms with Crippen LogP contribution in [0.3, 0.4) is 0 Å². The van der Waals surface area contributed by atoms with Gasteiger partial charge in [-0.1, -0.05) is 60.1 Å². The van der Waals surface area contributed by atoms with E-state index in [1.807, 2.05) is 30.3 Å². The summed E-state index contributed by atoms with van der Waals surface area (Å²) in [6.45, 7) is 0. The maximum absolute atomic E-state index is 12.2. The van der Waals surface area contributed by atoms with Crippen LogP contribution in [0.2, 0.25) is 0 Å². The lowest BCUT2D eigenvalue weighted by Crippen LogP contribution is -2.41. The number of amides is 3. The summed E-state index contributed by atoms with van der Waals surface area (Å²) in [5.74, 6) is 9.43. The normalized spacial score (nSPS) is 25.3. The lowest BCUT2D eigenvalue weighted by molar-refractivity contribution is -0.141. The molecule has 2 saturated carbocycles. The number of ether oxygens (including phenoxy) is 1. The standard InChI is InChI=1S/C21H18N2O4.C20H17N3O3.H3N/c1-23-18-12-15(18)21(26,20(23)25)10-9-13-5-3-6-14(11-13)16-7-4-8-17(22-16)19(24)27-2;1-23-17-11-14(17)20(26,19(23)25)9-8-12-4-2-5-13(10-12)15-6-3-7-16(22-15)18(21)24;/h3-8,11,15,18,26H,12H2,1-2H3;2-7,10,14,17,26H,11H2,1H3,(H2,21,24);1H3. The Morgan fingerprint density at radius 2 is 1.17 bits per heavy atom. The number of benzene rings is 2. The van der Waals surface area contributed by atoms with E-state index < -0.39 is 23.1 Å². The van der Waals surface area contributed by atoms with E-state index in [9.17, 15) is 29.4 Å². The van der Waals surface area contributed by atoms with Crippen molar-refractivity contribution in [3.63, 3.8) is 0 Å². The van der Waals surface area contributed by atoms with Crippen molar-refractivity contribution >= 4 is 23.7 Å². The molecule has 0 bridgehead atoms. The zero-order valence-electron chi connectivity index (χ0n) is 29.8. The SMILES string of the molecule is CN1C(=O)C(O)(C#Cc2cccc(-c3cccc(C(N)=O)n3)c2)C2CC21.COC(=O)c1cccc(-c2cccc(C#CC3(O)C(=O)N(C)C4CC43)c2)n1.N. The van der Waals surface area contributed by atoms with Crippen molar-refractivity contribution in [3.05, 3.63) is 107 Å². The molecule has 2 aromatic carbocycles. The van der Waals surface area contributed by atoms with Gasteiger partial charge in [-0.15, -0.1) is 0 Å². The molecule has 2 saturated heterocycles. The van der Waals surface area contributed by atoms with Gasteiger partial charge in [0.1, 0.15) is 11.4 Å². The number of primary amides is 1. The molecule has 4 aromatic rings. The van der Waals surface area contributed by atoms with Crippen LogP contribution < -0.4 is 11.9 Å². The molecule has 13 heteroatoms. The molecule has 54 heavy (non-hydrogen) atoms. The third-order valence-corrected chi connectivity index (χ3v) is 10.1. The van der Waals surface area contributed by atoms with Crippen molar-refractivity contribution in [1.29, 1.82) is 0 Å². The van der Waals surface area contributed by atoms with E-state index in [1.165, 1.54) is 7.11 Å². The molecule has 7 N–H and O–H groups in total. The van der Waals surface area contributed by atoms with Crippen LogP contribution in [0.1, 0.15) is 44.9 Å². The Morgan fingerprint density at radius 3 is 1.57 bits per heavy atom. The van der Waals surface area contributed by atoms with E-state index >= 15 is 0 Å². The number of methoxy groups -OCH3 is 1. The Morgan fingerprint density at radius 1 is 0.741 bits per heavy atom. The number of likely N-dealkylation sites (N-methyl/N-ethyl adjacent to an activating group) is 2. The van der Waals surface area contributed by atoms with E-state index in [0.29, 0.717) is 22.5 Å². The highest BCUT2D eigenvalue weighted by Crippen LogP contribution is 2.51. The second-order valence-corrected chi connectivity index (χ2v) is 13.5. The lowest BCUT2D eigenvalue weighted by Gasteiger charge is -2.18. The second-order valence-electron chi connectivity index (χ2n) is 13.5. The van der Waals surface area contributed by atoms with E-state index in [1.54, 1.807) is 78.5 Å². The van der Waals surface area contributed by atoms with Gasteiger partial charge in [-0.3, -0.25) is 14.4 Å². The summed E-state index contributed by atoms with van der Waals surface area (Å²) in [6, 6.07) is 24.9. The fourth-order valence-corrected chi connectivity index (χ4v) is 6.96. The van der Waals surface area contributed by atoms with Crippen LogP contribution in [-0.4, -0.2) is 98.2 Å². The number of likely N-dealkylation sites (tertiary alicyclic amines) is 2. The third-order valence-electron chi connectivity index (χ3n) is 10.1. The van der Waals surface area contributed by atoms with E-state index in [-0.39, 0.29) is 53.3 Å². The first-order chi connectivity index (χ1) is 25.3. The summed E-state index contributed by atoms with van der Waals surface area (Å²) in [6.07, 6.45) is 1.58. The lowest BCUT2D eigenvalue weighted by atomic mass is 9.98. The fourth-order valence-electron chi connectivity index (χ4n) is 6.96. The minimum atomic E-state index is -1.60. The number of piperidine rings is 2. The van der Waals surface area contributed by atoms with Gasteiger partial charge < -0.3 is 36.6 Å². The number of carbonyl (C=O) groups excluding carboxylic acids is 4. The molecule has 3 amide bonds. The van der Waals surface area contributed by atoms with Crippen LogP contribution in [0.15, 0.2) is 84.9 Å². The summed E-state index contributed by atoms with van der Waals surface area (Å²) >= 11 is 0. The van der Waals surface area contributed by atoms with Gasteiger partial charge in [0.15, 0.2) is 0 Å². The minimum Gasteiger partial charge on any atom is -0.464 e. The molecule has 4 heterocycles. The Kier molecular flexibility index (Phi) is 9.84. The van der Waals surface area contributed by atoms with Gasteiger partial charge in [0.25, 0.3) is 17.7 Å². The Hall–Kier alpha value is -6.38. The molecular weight excluding hydrogens is 688 g/mol. The summed E-state index contributed by atoms with van der Waals surface area (Å²) < 4.78 is 4.70. The van der Waals surface area contributed by atoms with Crippen molar-refractivity contribution in [2.75, 3.05) is 21.2 Å². The monoisotopic (exact) mass is 726 g/mol. The zero-order chi connectivity index (χ0) is 37.7. The number of nitrogens with zero attached hydrogens (tertiary/aromatic N) is 4. The molecular formula is C41H38N6O7. The largest absolute Gasteiger partial charge is 0.464 e. The average Bonchev–Trinajstić information content (AvgIpc) is 4.12. The Labute approximate surface area is 311 Å². The fraction of sp³-hybridized carbons (Fsp3) is 0.268. The second kappa shape index (κ2) is 14.2. The van der Waals surface area contributed by atoms with Crippen LogP contribution in [0, 0.1) is 35.5 Å². The van der Waals surface area contributed by atoms with Crippen LogP contribution >= 0.6 is 0 Å². The summed E-state index contributed by atoms with van der Waals surface area (Å²) in [5, 5.41) is 21.3. The quantitative estimate of drug-likeness (QED) is 0.178. The molecule has 2 aromatic heterocycles. The molecule has 8 rings (SSSR count). The molecule has 4 fully saturated rings. The van der Waals surface area contributed by atoms with Gasteiger partial charge in [-0.05, 0) is 61.4 Å². The van der Waals surface area contributed by atoms with Gasteiger partial charge in [-0.25, -0.2) is 14.8 Å². The topological polar surface area (TPSA) is 211 Å². The Balaban J connectivity index is 0.000000181. The number of carbonyl (C=O) groups is 4. The highest BCUT2D eigenvalue weighted by atomic mass is 16.5. The summed E-state index contributed by atoms with van der Waals surface area (Å²) in [7, 11) is 4.71. The van der Waals surface area contributed by atoms with E-state index in [2.05, 4.69) is 33.6 Å². The van der Waals surface area contributed by atoms with Gasteiger partial charge in [0.2, 0.25) is 11.2 Å². The molecule has 274 valence electrons. The number of esters is 1. The van der Waals surface area contributed by atoms with Gasteiger partial charge in [0.05, 0.1) is 18.5 Å². The number of nitrogens with two attached hydrogens (primary N) is 1. The van der Waals surface area contributed by atoms with E-state index in [4.69, 9.17) is 10.5 Å². The van der Waals surface area contributed by atoms with Gasteiger partial charge in [-0.2, -0.15) is 0 Å². The molecule has 2 aliphatic carbocycles. The van der Waals surface area contributed by atoms with Crippen molar-refractivity contribution in [1.82, 2.24) is 25.9 Å². The first kappa shape index (κ1) is 37.4. The highest BCUT2D eigenvalue weighted by Gasteiger charge is 2.66. The third kappa shape index (κ3) is 6.79. The predicted octanol–water partition coefficient (Wildman–Crippen LogP) is 2.43. The zero-order valence-corrected chi connectivity index (χ0v) is 29.8. The maximum Gasteiger partial charge on any atom is 0.356 e. The summed E-state index contributed by atoms with van der Waals surface area (Å²) in [5.41, 5.74) is 6.56. The molecule has 6 unspecified atom stereocenters. The molecule has 0 spiro atoms. The first-order valence-electron chi connectivity index (χ1n) is 16.9. The average molecular weight is 727 g/mol. The highest BCUT2D eigenvalue weighted by molar-refractivity contribution is 5.94. The predicted molar refractivity (Wildman–Crippen MR) is 197 cm³/mol. The number of fused-ring (bicyclic) bond motifs is 2. The minimum absolute atomic E-state index is 0. The molecule has 6 atom stereocenters. The van der Waals surface area contributed by atoms with Crippen LogP contribution in [0.4, 0.5) is 0 Å². The van der Waals surface area contributed by atoms with Crippen molar-refractivity contribution in [3.8, 4) is 46.2 Å². The van der Waals surface area contributed by atoms with E-state index in [0.717, 1.165) is 24.0 Å². The number of aliphatic hydroxyl groups is 2. The smallest absolute Gasteiger partial charge is 0.356 e. The molecule has 0 radical (unpaired) electrons. The molecule has 13 nitrogen and oxygen atoms in total. The van der Waals surface area contributed by atoms with Crippen molar-refractivity contribution in [2.45, 2.75) is 36.1 Å². The molecule has 4 aliphatic rings. The first-order valence-corrected chi connectivity index (χ1v) is 16.9. The maximum atomic E-state index is 12.2. The number of rotatable bonds is 4. The summed E-state index contributed by atoms with van der Waals surface area (Å²) in [4.78, 5) is 59.1.